The highest BCUT2D eigenvalue weighted by Crippen LogP contribution is 2.27. The van der Waals surface area contributed by atoms with E-state index < -0.39 is 0 Å². The Kier molecular flexibility index (Phi) is 5.66. The van der Waals surface area contributed by atoms with Crippen LogP contribution in [0.1, 0.15) is 10.5 Å². The average molecular weight is 400 g/mol. The van der Waals surface area contributed by atoms with Gasteiger partial charge in [-0.25, -0.2) is 4.79 Å². The van der Waals surface area contributed by atoms with Gasteiger partial charge < -0.3 is 16.0 Å². The summed E-state index contributed by atoms with van der Waals surface area (Å²) in [5.74, 6) is -0.294. The molecule has 2 aromatic carbocycles. The smallest absolute Gasteiger partial charge is 0.319 e. The van der Waals surface area contributed by atoms with Crippen LogP contribution in [-0.4, -0.2) is 40.2 Å². The predicted octanol–water partition coefficient (Wildman–Crippen LogP) is 3.18. The number of H-pyrrole nitrogens is 1. The molecule has 0 atom stereocenters. The van der Waals surface area contributed by atoms with Gasteiger partial charge in [-0.2, -0.15) is 5.10 Å². The molecular formula is C22H20N6O2. The van der Waals surface area contributed by atoms with Gasteiger partial charge in [0.25, 0.3) is 5.91 Å². The molecule has 0 radical (unpaired) electrons. The minimum absolute atomic E-state index is 0.275. The van der Waals surface area contributed by atoms with Crippen LogP contribution in [0.15, 0.2) is 73.1 Å². The van der Waals surface area contributed by atoms with Crippen LogP contribution in [0.3, 0.4) is 0 Å². The summed E-state index contributed by atoms with van der Waals surface area (Å²) in [6.45, 7) is 0.552. The van der Waals surface area contributed by atoms with Crippen molar-refractivity contribution in [2.24, 2.45) is 0 Å². The Labute approximate surface area is 172 Å². The number of benzene rings is 2. The van der Waals surface area contributed by atoms with Crippen LogP contribution in [0.2, 0.25) is 0 Å². The van der Waals surface area contributed by atoms with Crippen LogP contribution in [0.5, 0.6) is 0 Å². The summed E-state index contributed by atoms with van der Waals surface area (Å²) in [7, 11) is 0. The number of carbonyl (C=O) groups is 2. The van der Waals surface area contributed by atoms with Crippen LogP contribution < -0.4 is 16.0 Å². The van der Waals surface area contributed by atoms with Crippen molar-refractivity contribution in [1.29, 1.82) is 0 Å². The Hall–Kier alpha value is -4.20. The Morgan fingerprint density at radius 3 is 2.47 bits per heavy atom. The number of nitrogens with one attached hydrogen (secondary N) is 4. The molecule has 0 saturated heterocycles. The molecular weight excluding hydrogens is 380 g/mol. The molecule has 0 spiro atoms. The van der Waals surface area contributed by atoms with E-state index in [9.17, 15) is 9.59 Å². The average Bonchev–Trinajstić information content (AvgIpc) is 3.22. The van der Waals surface area contributed by atoms with Crippen molar-refractivity contribution in [3.05, 3.63) is 78.8 Å². The van der Waals surface area contributed by atoms with Gasteiger partial charge in [-0.3, -0.25) is 14.9 Å². The third-order valence-electron chi connectivity index (χ3n) is 4.55. The molecule has 0 unspecified atom stereocenters. The third kappa shape index (κ3) is 4.27. The van der Waals surface area contributed by atoms with Crippen LogP contribution in [0, 0.1) is 0 Å². The number of hydrogen-bond donors (Lipinski definition) is 4. The number of anilines is 1. The number of carbonyl (C=O) groups excluding carboxylic acids is 2. The number of urea groups is 1. The molecule has 30 heavy (non-hydrogen) atoms. The molecule has 0 aliphatic carbocycles. The highest BCUT2D eigenvalue weighted by atomic mass is 16.2. The lowest BCUT2D eigenvalue weighted by Gasteiger charge is -2.12. The summed E-state index contributed by atoms with van der Waals surface area (Å²) in [4.78, 5) is 28.6. The first-order valence-electron chi connectivity index (χ1n) is 9.48. The zero-order valence-electron chi connectivity index (χ0n) is 16.1. The third-order valence-corrected chi connectivity index (χ3v) is 4.55. The molecule has 150 valence electrons. The van der Waals surface area contributed by atoms with Gasteiger partial charge in [0.15, 0.2) is 5.69 Å². The SMILES string of the molecule is O=C(NCCNC(=O)c1n[nH]c2ccccc12)Nc1ccccc1-c1ccncc1. The largest absolute Gasteiger partial charge is 0.349 e. The van der Waals surface area contributed by atoms with Crippen molar-refractivity contribution in [3.8, 4) is 11.1 Å². The molecule has 8 heteroatoms. The van der Waals surface area contributed by atoms with Gasteiger partial charge in [0, 0.05) is 36.4 Å². The van der Waals surface area contributed by atoms with Gasteiger partial charge in [-0.1, -0.05) is 36.4 Å². The zero-order chi connectivity index (χ0) is 20.8. The molecule has 4 N–H and O–H groups in total. The number of aromatic nitrogens is 3. The van der Waals surface area contributed by atoms with E-state index in [0.29, 0.717) is 11.4 Å². The quantitative estimate of drug-likeness (QED) is 0.372. The molecule has 0 bridgehead atoms. The number of hydrogen-bond acceptors (Lipinski definition) is 4. The van der Waals surface area contributed by atoms with E-state index in [4.69, 9.17) is 0 Å². The molecule has 3 amide bonds. The first-order valence-corrected chi connectivity index (χ1v) is 9.48. The minimum Gasteiger partial charge on any atom is -0.349 e. The van der Waals surface area contributed by atoms with Crippen molar-refractivity contribution in [2.75, 3.05) is 18.4 Å². The highest BCUT2D eigenvalue weighted by molar-refractivity contribution is 6.04. The maximum Gasteiger partial charge on any atom is 0.319 e. The van der Waals surface area contributed by atoms with Crippen molar-refractivity contribution in [1.82, 2.24) is 25.8 Å². The number of aromatic amines is 1. The summed E-state index contributed by atoms with van der Waals surface area (Å²) >= 11 is 0. The lowest BCUT2D eigenvalue weighted by molar-refractivity contribution is 0.0950. The number of rotatable bonds is 6. The molecule has 2 aromatic heterocycles. The minimum atomic E-state index is -0.351. The second-order valence-electron chi connectivity index (χ2n) is 6.54. The molecule has 0 fully saturated rings. The fraction of sp³-hybridized carbons (Fsp3) is 0.0909. The maximum absolute atomic E-state index is 12.3. The van der Waals surface area contributed by atoms with E-state index in [1.165, 1.54) is 0 Å². The Balaban J connectivity index is 1.29. The Bertz CT molecular complexity index is 1170. The summed E-state index contributed by atoms with van der Waals surface area (Å²) < 4.78 is 0. The van der Waals surface area contributed by atoms with Gasteiger partial charge in [-0.15, -0.1) is 0 Å². The van der Waals surface area contributed by atoms with Crippen LogP contribution in [-0.2, 0) is 0 Å². The lowest BCUT2D eigenvalue weighted by atomic mass is 10.1. The van der Waals surface area contributed by atoms with Gasteiger partial charge in [0.05, 0.1) is 11.2 Å². The van der Waals surface area contributed by atoms with E-state index in [2.05, 4.69) is 31.1 Å². The number of amides is 3. The molecule has 4 aromatic rings. The topological polar surface area (TPSA) is 112 Å². The monoisotopic (exact) mass is 400 g/mol. The number of para-hydroxylation sites is 2. The molecule has 0 aliphatic heterocycles. The lowest BCUT2D eigenvalue weighted by Crippen LogP contribution is -2.37. The fourth-order valence-corrected chi connectivity index (χ4v) is 3.11. The molecule has 0 saturated carbocycles. The summed E-state index contributed by atoms with van der Waals surface area (Å²) in [6.07, 6.45) is 3.41. The zero-order valence-corrected chi connectivity index (χ0v) is 16.1. The van der Waals surface area contributed by atoms with Crippen LogP contribution in [0.4, 0.5) is 10.5 Å². The first kappa shape index (κ1) is 19.1. The highest BCUT2D eigenvalue weighted by Gasteiger charge is 2.13. The van der Waals surface area contributed by atoms with E-state index in [1.54, 1.807) is 12.4 Å². The van der Waals surface area contributed by atoms with Crippen LogP contribution in [0.25, 0.3) is 22.0 Å². The summed E-state index contributed by atoms with van der Waals surface area (Å²) in [5, 5.41) is 16.0. The van der Waals surface area contributed by atoms with Gasteiger partial charge in [0.2, 0.25) is 0 Å². The van der Waals surface area contributed by atoms with Crippen molar-refractivity contribution < 1.29 is 9.59 Å². The normalized spacial score (nSPS) is 10.5. The Morgan fingerprint density at radius 2 is 1.60 bits per heavy atom. The van der Waals surface area contributed by atoms with Crippen molar-refractivity contribution in [2.45, 2.75) is 0 Å². The van der Waals surface area contributed by atoms with E-state index in [-0.39, 0.29) is 25.0 Å². The van der Waals surface area contributed by atoms with Gasteiger partial charge in [-0.05, 0) is 29.8 Å². The summed E-state index contributed by atoms with van der Waals surface area (Å²) in [5.41, 5.74) is 3.68. The van der Waals surface area contributed by atoms with Crippen LogP contribution >= 0.6 is 0 Å². The maximum atomic E-state index is 12.3. The van der Waals surface area contributed by atoms with Crippen molar-refractivity contribution in [3.63, 3.8) is 0 Å². The molecule has 4 rings (SSSR count). The number of nitrogens with zero attached hydrogens (tertiary/aromatic N) is 2. The van der Waals surface area contributed by atoms with Gasteiger partial charge in [0.1, 0.15) is 0 Å². The number of pyridine rings is 1. The van der Waals surface area contributed by atoms with E-state index in [1.807, 2.05) is 60.7 Å². The second kappa shape index (κ2) is 8.87. The standard InChI is InChI=1S/C22H20N6O2/c29-21(20-17-6-2-4-8-19(17)27-28-20)24-13-14-25-22(30)26-18-7-3-1-5-16(18)15-9-11-23-12-10-15/h1-12H,13-14H2,(H,24,29)(H,27,28)(H2,25,26,30). The molecule has 8 nitrogen and oxygen atoms in total. The first-order chi connectivity index (χ1) is 14.7. The van der Waals surface area contributed by atoms with E-state index in [0.717, 1.165) is 22.0 Å². The van der Waals surface area contributed by atoms with Crippen molar-refractivity contribution >= 4 is 28.5 Å². The number of fused-ring (bicyclic) bond motifs is 1. The molecule has 0 aliphatic rings. The molecule has 2 heterocycles. The fourth-order valence-electron chi connectivity index (χ4n) is 3.11. The predicted molar refractivity (Wildman–Crippen MR) is 115 cm³/mol. The Morgan fingerprint density at radius 1 is 0.867 bits per heavy atom. The second-order valence-corrected chi connectivity index (χ2v) is 6.54. The summed E-state index contributed by atoms with van der Waals surface area (Å²) in [6, 6.07) is 18.4. The van der Waals surface area contributed by atoms with E-state index >= 15 is 0 Å². The van der Waals surface area contributed by atoms with Gasteiger partial charge >= 0.3 is 6.03 Å².